The Labute approximate surface area is 131 Å². The van der Waals surface area contributed by atoms with Crippen LogP contribution >= 0.6 is 11.8 Å². The highest BCUT2D eigenvalue weighted by Crippen LogP contribution is 2.32. The van der Waals surface area contributed by atoms with Crippen LogP contribution in [-0.2, 0) is 6.42 Å². The van der Waals surface area contributed by atoms with Gasteiger partial charge in [0.25, 0.3) is 0 Å². The van der Waals surface area contributed by atoms with E-state index in [0.29, 0.717) is 0 Å². The smallest absolute Gasteiger partial charge is 0.0151 e. The normalized spacial score (nSPS) is 11.8. The number of rotatable bonds is 6. The fourth-order valence-electron chi connectivity index (χ4n) is 1.95. The Bertz CT molecular complexity index is 621. The largest absolute Gasteiger partial charge is 0.0944 e. The van der Waals surface area contributed by atoms with E-state index in [4.69, 9.17) is 0 Å². The maximum atomic E-state index is 4.28. The van der Waals surface area contributed by atoms with Crippen LogP contribution in [0, 0.1) is 0 Å². The van der Waals surface area contributed by atoms with Gasteiger partial charge in [-0.05, 0) is 42.7 Å². The lowest BCUT2D eigenvalue weighted by Crippen LogP contribution is -1.91. The van der Waals surface area contributed by atoms with Gasteiger partial charge in [-0.25, -0.2) is 0 Å². The van der Waals surface area contributed by atoms with Gasteiger partial charge in [-0.3, -0.25) is 0 Å². The van der Waals surface area contributed by atoms with Crippen molar-refractivity contribution in [3.8, 4) is 0 Å². The molecule has 2 rings (SSSR count). The van der Waals surface area contributed by atoms with E-state index in [9.17, 15) is 0 Å². The second-order valence-corrected chi connectivity index (χ2v) is 5.85. The van der Waals surface area contributed by atoms with Crippen LogP contribution in [0.15, 0.2) is 101 Å². The van der Waals surface area contributed by atoms with Crippen LogP contribution in [0.5, 0.6) is 0 Å². The molecule has 0 saturated heterocycles. The molecule has 106 valence electrons. The molecule has 2 aromatic carbocycles. The van der Waals surface area contributed by atoms with Gasteiger partial charge in [-0.2, -0.15) is 0 Å². The summed E-state index contributed by atoms with van der Waals surface area (Å²) in [5.41, 5.74) is 2.44. The van der Waals surface area contributed by atoms with Crippen molar-refractivity contribution >= 4 is 11.8 Å². The Morgan fingerprint density at radius 2 is 1.62 bits per heavy atom. The molecule has 0 aliphatic rings. The molecule has 0 amide bonds. The van der Waals surface area contributed by atoms with Gasteiger partial charge in [-0.15, -0.1) is 0 Å². The quantitative estimate of drug-likeness (QED) is 0.462. The molecule has 2 aromatic rings. The van der Waals surface area contributed by atoms with Crippen LogP contribution in [0.1, 0.15) is 12.5 Å². The Hall–Kier alpha value is -1.99. The molecule has 0 bridgehead atoms. The van der Waals surface area contributed by atoms with Gasteiger partial charge in [0.2, 0.25) is 0 Å². The first-order valence-electron chi connectivity index (χ1n) is 7.07. The highest BCUT2D eigenvalue weighted by molar-refractivity contribution is 8.03. The van der Waals surface area contributed by atoms with Gasteiger partial charge >= 0.3 is 0 Å². The summed E-state index contributed by atoms with van der Waals surface area (Å²) in [6, 6.07) is 20.9. The monoisotopic (exact) mass is 292 g/mol. The second-order valence-electron chi connectivity index (χ2n) is 4.74. The fraction of sp³-hybridized carbons (Fsp3) is 0.100. The standard InChI is InChI=1S/C20H20S/c1-3-4-15-20(21-19-13-9-6-10-14-19)17(2)16-18-11-7-5-8-12-18/h3-15H,2,16H2,1H3/b4-3-,20-15+. The minimum atomic E-state index is 0.879. The molecule has 0 nitrogen and oxygen atoms in total. The van der Waals surface area contributed by atoms with E-state index in [1.54, 1.807) is 11.8 Å². The maximum absolute atomic E-state index is 4.28. The zero-order valence-corrected chi connectivity index (χ0v) is 13.1. The average molecular weight is 292 g/mol. The molecule has 0 heterocycles. The van der Waals surface area contributed by atoms with Crippen LogP contribution in [0.2, 0.25) is 0 Å². The van der Waals surface area contributed by atoms with Gasteiger partial charge < -0.3 is 0 Å². The molecule has 1 heteroatoms. The Kier molecular flexibility index (Phi) is 6.11. The highest BCUT2D eigenvalue weighted by Gasteiger charge is 2.06. The Morgan fingerprint density at radius 1 is 1.00 bits per heavy atom. The van der Waals surface area contributed by atoms with Crippen molar-refractivity contribution in [3.63, 3.8) is 0 Å². The number of allylic oxidation sites excluding steroid dienone is 4. The molecule has 0 aliphatic carbocycles. The first-order chi connectivity index (χ1) is 10.3. The predicted molar refractivity (Wildman–Crippen MR) is 94.5 cm³/mol. The molecule has 0 N–H and O–H groups in total. The van der Waals surface area contributed by atoms with Crippen molar-refractivity contribution in [1.82, 2.24) is 0 Å². The van der Waals surface area contributed by atoms with Crippen LogP contribution in [-0.4, -0.2) is 0 Å². The van der Waals surface area contributed by atoms with Crippen LogP contribution < -0.4 is 0 Å². The van der Waals surface area contributed by atoms with E-state index in [-0.39, 0.29) is 0 Å². The van der Waals surface area contributed by atoms with Gasteiger partial charge in [0, 0.05) is 9.80 Å². The summed E-state index contributed by atoms with van der Waals surface area (Å²) in [7, 11) is 0. The minimum Gasteiger partial charge on any atom is -0.0944 e. The lowest BCUT2D eigenvalue weighted by Gasteiger charge is -2.10. The van der Waals surface area contributed by atoms with Gasteiger partial charge in [-0.1, -0.05) is 79.0 Å². The molecule has 0 radical (unpaired) electrons. The third kappa shape index (κ3) is 5.13. The summed E-state index contributed by atoms with van der Waals surface area (Å²) in [6.07, 6.45) is 7.13. The van der Waals surface area contributed by atoms with E-state index in [1.807, 2.05) is 25.1 Å². The number of hydrogen-bond acceptors (Lipinski definition) is 1. The zero-order chi connectivity index (χ0) is 14.9. The van der Waals surface area contributed by atoms with Gasteiger partial charge in [0.15, 0.2) is 0 Å². The summed E-state index contributed by atoms with van der Waals surface area (Å²) in [5.74, 6) is 0. The molecule has 0 aliphatic heterocycles. The highest BCUT2D eigenvalue weighted by atomic mass is 32.2. The molecular formula is C20H20S. The first kappa shape index (κ1) is 15.4. The van der Waals surface area contributed by atoms with Crippen molar-refractivity contribution in [3.05, 3.63) is 102 Å². The molecule has 0 fully saturated rings. The van der Waals surface area contributed by atoms with E-state index in [0.717, 1.165) is 12.0 Å². The van der Waals surface area contributed by atoms with E-state index in [1.165, 1.54) is 15.4 Å². The Balaban J connectivity index is 2.14. The summed E-state index contributed by atoms with van der Waals surface area (Å²) in [6.45, 7) is 6.31. The summed E-state index contributed by atoms with van der Waals surface area (Å²) < 4.78 is 0. The number of hydrogen-bond donors (Lipinski definition) is 0. The molecule has 0 unspecified atom stereocenters. The first-order valence-corrected chi connectivity index (χ1v) is 7.89. The van der Waals surface area contributed by atoms with Crippen molar-refractivity contribution in [2.24, 2.45) is 0 Å². The summed E-state index contributed by atoms with van der Waals surface area (Å²) >= 11 is 1.77. The van der Waals surface area contributed by atoms with Gasteiger partial charge in [0.05, 0.1) is 0 Å². The topological polar surface area (TPSA) is 0 Å². The van der Waals surface area contributed by atoms with Crippen LogP contribution in [0.4, 0.5) is 0 Å². The number of thioether (sulfide) groups is 1. The molecule has 0 saturated carbocycles. The third-order valence-corrected chi connectivity index (χ3v) is 4.17. The van der Waals surface area contributed by atoms with Crippen molar-refractivity contribution in [2.45, 2.75) is 18.2 Å². The lowest BCUT2D eigenvalue weighted by molar-refractivity contribution is 1.20. The third-order valence-electron chi connectivity index (χ3n) is 3.02. The zero-order valence-electron chi connectivity index (χ0n) is 12.3. The van der Waals surface area contributed by atoms with Crippen molar-refractivity contribution in [2.75, 3.05) is 0 Å². The van der Waals surface area contributed by atoms with Crippen LogP contribution in [0.25, 0.3) is 0 Å². The molecule has 0 aromatic heterocycles. The predicted octanol–water partition coefficient (Wildman–Crippen LogP) is 6.04. The second kappa shape index (κ2) is 8.33. The van der Waals surface area contributed by atoms with E-state index >= 15 is 0 Å². The summed E-state index contributed by atoms with van der Waals surface area (Å²) in [4.78, 5) is 2.45. The average Bonchev–Trinajstić information content (AvgIpc) is 2.53. The molecule has 0 atom stereocenters. The molecule has 21 heavy (non-hydrogen) atoms. The maximum Gasteiger partial charge on any atom is 0.0151 e. The van der Waals surface area contributed by atoms with Gasteiger partial charge in [0.1, 0.15) is 0 Å². The lowest BCUT2D eigenvalue weighted by atomic mass is 10.1. The van der Waals surface area contributed by atoms with Crippen molar-refractivity contribution in [1.29, 1.82) is 0 Å². The minimum absolute atomic E-state index is 0.879. The summed E-state index contributed by atoms with van der Waals surface area (Å²) in [5, 5.41) is 0. The number of benzene rings is 2. The molecular weight excluding hydrogens is 272 g/mol. The molecule has 0 spiro atoms. The van der Waals surface area contributed by atoms with Crippen LogP contribution in [0.3, 0.4) is 0 Å². The van der Waals surface area contributed by atoms with E-state index < -0.39 is 0 Å². The Morgan fingerprint density at radius 3 is 2.24 bits per heavy atom. The van der Waals surface area contributed by atoms with Crippen molar-refractivity contribution < 1.29 is 0 Å². The fourth-order valence-corrected chi connectivity index (χ4v) is 2.86. The SMILES string of the molecule is C=C(Cc1ccccc1)/C(=C\C=C/C)Sc1ccccc1. The van der Waals surface area contributed by atoms with E-state index in [2.05, 4.69) is 67.3 Å².